The number of hydrogen-bond donors (Lipinski definition) is 0. The van der Waals surface area contributed by atoms with Crippen LogP contribution in [0.3, 0.4) is 0 Å². The summed E-state index contributed by atoms with van der Waals surface area (Å²) in [7, 11) is -3.25. The Morgan fingerprint density at radius 1 is 1.03 bits per heavy atom. The van der Waals surface area contributed by atoms with Crippen LogP contribution in [0.1, 0.15) is 28.7 Å². The van der Waals surface area contributed by atoms with Crippen molar-refractivity contribution in [2.24, 2.45) is 0 Å². The van der Waals surface area contributed by atoms with Crippen LogP contribution in [0.5, 0.6) is 0 Å². The fraction of sp³-hybridized carbons (Fsp3) is 0.185. The molecular formula is C27H24FN3O3S. The largest absolute Gasteiger partial charge is 0.331 e. The van der Waals surface area contributed by atoms with Crippen LogP contribution in [-0.4, -0.2) is 31.5 Å². The number of carbonyl (C=O) groups excluding carboxylic acids is 1. The molecular weight excluding hydrogens is 465 g/mol. The quantitative estimate of drug-likeness (QED) is 0.458. The van der Waals surface area contributed by atoms with Crippen LogP contribution in [0.25, 0.3) is 6.08 Å². The third-order valence-electron chi connectivity index (χ3n) is 5.73. The maximum atomic E-state index is 13.7. The maximum absolute atomic E-state index is 13.7. The summed E-state index contributed by atoms with van der Waals surface area (Å²) in [5.74, 6) is -0.475. The number of amides is 1. The van der Waals surface area contributed by atoms with Gasteiger partial charge < -0.3 is 4.90 Å². The zero-order valence-corrected chi connectivity index (χ0v) is 19.8. The van der Waals surface area contributed by atoms with Gasteiger partial charge in [-0.1, -0.05) is 36.4 Å². The summed E-state index contributed by atoms with van der Waals surface area (Å²) in [5.41, 5.74) is 3.40. The van der Waals surface area contributed by atoms with Crippen LogP contribution in [0.2, 0.25) is 0 Å². The van der Waals surface area contributed by atoms with E-state index in [2.05, 4.69) is 6.07 Å². The molecule has 0 aliphatic carbocycles. The van der Waals surface area contributed by atoms with Crippen molar-refractivity contribution in [1.82, 2.24) is 4.90 Å². The Morgan fingerprint density at radius 2 is 1.74 bits per heavy atom. The number of hydrogen-bond acceptors (Lipinski definition) is 4. The van der Waals surface area contributed by atoms with Crippen LogP contribution in [0.15, 0.2) is 78.9 Å². The molecule has 0 spiro atoms. The number of nitriles is 1. The highest BCUT2D eigenvalue weighted by molar-refractivity contribution is 7.93. The van der Waals surface area contributed by atoms with Gasteiger partial charge in [0.1, 0.15) is 5.82 Å². The van der Waals surface area contributed by atoms with Crippen molar-refractivity contribution in [3.8, 4) is 6.07 Å². The van der Waals surface area contributed by atoms with Crippen molar-refractivity contribution in [2.75, 3.05) is 16.6 Å². The normalized spacial score (nSPS) is 14.7. The van der Waals surface area contributed by atoms with Gasteiger partial charge in [0, 0.05) is 25.7 Å². The summed E-state index contributed by atoms with van der Waals surface area (Å²) in [6.45, 7) is 0.976. The van der Waals surface area contributed by atoms with Crippen molar-refractivity contribution in [3.63, 3.8) is 0 Å². The van der Waals surface area contributed by atoms with E-state index < -0.39 is 10.0 Å². The standard InChI is InChI=1S/C27H24FN3O3S/c28-25-4-1-3-24(17-25)20-30(19-23-7-5-22(18-29)6-8-23)27(32)14-11-21-9-12-26(13-10-21)31-15-2-16-35(31,33)34/h1,3-14,17H,2,15-16,19-20H2/b14-11+. The fourth-order valence-electron chi connectivity index (χ4n) is 3.93. The van der Waals surface area contributed by atoms with Gasteiger partial charge in [-0.2, -0.15) is 5.26 Å². The van der Waals surface area contributed by atoms with E-state index in [1.165, 1.54) is 22.5 Å². The molecule has 8 heteroatoms. The van der Waals surface area contributed by atoms with Crippen LogP contribution in [0, 0.1) is 17.1 Å². The van der Waals surface area contributed by atoms with Crippen molar-refractivity contribution in [2.45, 2.75) is 19.5 Å². The number of benzene rings is 3. The number of carbonyl (C=O) groups is 1. The lowest BCUT2D eigenvalue weighted by molar-refractivity contribution is -0.127. The molecule has 0 bridgehead atoms. The molecule has 6 nitrogen and oxygen atoms in total. The summed E-state index contributed by atoms with van der Waals surface area (Å²) < 4.78 is 39.3. The Morgan fingerprint density at radius 3 is 2.37 bits per heavy atom. The average molecular weight is 490 g/mol. The molecule has 1 amide bonds. The number of anilines is 1. The zero-order valence-electron chi connectivity index (χ0n) is 19.0. The second-order valence-corrected chi connectivity index (χ2v) is 10.3. The number of rotatable bonds is 7. The van der Waals surface area contributed by atoms with Crippen LogP contribution in [-0.2, 0) is 27.9 Å². The lowest BCUT2D eigenvalue weighted by Gasteiger charge is -2.22. The van der Waals surface area contributed by atoms with Gasteiger partial charge in [-0.15, -0.1) is 0 Å². The molecule has 0 aromatic heterocycles. The number of halogens is 1. The lowest BCUT2D eigenvalue weighted by Crippen LogP contribution is -2.28. The Hall–Kier alpha value is -3.96. The highest BCUT2D eigenvalue weighted by Crippen LogP contribution is 2.24. The predicted molar refractivity (Wildman–Crippen MR) is 133 cm³/mol. The molecule has 1 fully saturated rings. The number of nitrogens with zero attached hydrogens (tertiary/aromatic N) is 3. The van der Waals surface area contributed by atoms with Crippen molar-refractivity contribution < 1.29 is 17.6 Å². The van der Waals surface area contributed by atoms with E-state index in [0.29, 0.717) is 29.8 Å². The van der Waals surface area contributed by atoms with Gasteiger partial charge in [0.2, 0.25) is 15.9 Å². The second kappa shape index (κ2) is 10.5. The monoisotopic (exact) mass is 489 g/mol. The van der Waals surface area contributed by atoms with Crippen molar-refractivity contribution in [1.29, 1.82) is 5.26 Å². The van der Waals surface area contributed by atoms with E-state index in [0.717, 1.165) is 11.1 Å². The Bertz CT molecular complexity index is 1380. The van der Waals surface area contributed by atoms with Gasteiger partial charge in [0.25, 0.3) is 0 Å². The van der Waals surface area contributed by atoms with Crippen LogP contribution < -0.4 is 4.31 Å². The third kappa shape index (κ3) is 6.14. The summed E-state index contributed by atoms with van der Waals surface area (Å²) in [4.78, 5) is 14.7. The van der Waals surface area contributed by atoms with Gasteiger partial charge in [-0.25, -0.2) is 12.8 Å². The Balaban J connectivity index is 1.51. The van der Waals surface area contributed by atoms with Gasteiger partial charge >= 0.3 is 0 Å². The molecule has 0 saturated carbocycles. The third-order valence-corrected chi connectivity index (χ3v) is 7.60. The summed E-state index contributed by atoms with van der Waals surface area (Å²) in [6.07, 6.45) is 3.73. The van der Waals surface area contributed by atoms with E-state index in [1.807, 2.05) is 0 Å². The van der Waals surface area contributed by atoms with Gasteiger partial charge in [0.05, 0.1) is 23.1 Å². The Kier molecular flexibility index (Phi) is 7.28. The molecule has 0 radical (unpaired) electrons. The van der Waals surface area contributed by atoms with Gasteiger partial charge in [0.15, 0.2) is 0 Å². The molecule has 0 atom stereocenters. The molecule has 4 rings (SSSR count). The van der Waals surface area contributed by atoms with E-state index in [1.54, 1.807) is 71.6 Å². The fourth-order valence-corrected chi connectivity index (χ4v) is 5.49. The topological polar surface area (TPSA) is 81.5 Å². The Labute approximate surface area is 204 Å². The molecule has 1 heterocycles. The van der Waals surface area contributed by atoms with Crippen molar-refractivity contribution >= 4 is 27.7 Å². The highest BCUT2D eigenvalue weighted by atomic mass is 32.2. The first-order chi connectivity index (χ1) is 16.8. The molecule has 178 valence electrons. The molecule has 3 aromatic carbocycles. The maximum Gasteiger partial charge on any atom is 0.247 e. The second-order valence-electron chi connectivity index (χ2n) is 8.30. The summed E-state index contributed by atoms with van der Waals surface area (Å²) in [5, 5.41) is 9.01. The van der Waals surface area contributed by atoms with E-state index in [-0.39, 0.29) is 30.6 Å². The average Bonchev–Trinajstić information content (AvgIpc) is 3.21. The number of sulfonamides is 1. The SMILES string of the molecule is N#Cc1ccc(CN(Cc2cccc(F)c2)C(=O)/C=C/c2ccc(N3CCCS3(=O)=O)cc2)cc1. The molecule has 1 aliphatic rings. The molecule has 1 aliphatic heterocycles. The molecule has 0 N–H and O–H groups in total. The van der Waals surface area contributed by atoms with E-state index in [4.69, 9.17) is 5.26 Å². The minimum Gasteiger partial charge on any atom is -0.331 e. The summed E-state index contributed by atoms with van der Waals surface area (Å²) >= 11 is 0. The van der Waals surface area contributed by atoms with E-state index in [9.17, 15) is 17.6 Å². The minimum atomic E-state index is -3.25. The first-order valence-corrected chi connectivity index (χ1v) is 12.8. The van der Waals surface area contributed by atoms with Gasteiger partial charge in [-0.3, -0.25) is 9.10 Å². The van der Waals surface area contributed by atoms with Crippen molar-refractivity contribution in [3.05, 3.63) is 107 Å². The first-order valence-electron chi connectivity index (χ1n) is 11.1. The summed E-state index contributed by atoms with van der Waals surface area (Å²) in [6, 6.07) is 22.2. The van der Waals surface area contributed by atoms with Crippen LogP contribution >= 0.6 is 0 Å². The first kappa shape index (κ1) is 24.2. The van der Waals surface area contributed by atoms with Crippen LogP contribution in [0.4, 0.5) is 10.1 Å². The lowest BCUT2D eigenvalue weighted by atomic mass is 10.1. The highest BCUT2D eigenvalue weighted by Gasteiger charge is 2.28. The zero-order chi connectivity index (χ0) is 24.8. The molecule has 3 aromatic rings. The van der Waals surface area contributed by atoms with Gasteiger partial charge in [-0.05, 0) is 65.6 Å². The minimum absolute atomic E-state index is 0.156. The predicted octanol–water partition coefficient (Wildman–Crippen LogP) is 4.48. The molecule has 0 unspecified atom stereocenters. The molecule has 35 heavy (non-hydrogen) atoms. The molecule has 1 saturated heterocycles. The smallest absolute Gasteiger partial charge is 0.247 e. The van der Waals surface area contributed by atoms with E-state index >= 15 is 0 Å².